The van der Waals surface area contributed by atoms with E-state index in [1.807, 2.05) is 18.3 Å². The van der Waals surface area contributed by atoms with Crippen LogP contribution in [-0.4, -0.2) is 9.97 Å². The second-order valence-corrected chi connectivity index (χ2v) is 6.05. The fourth-order valence-corrected chi connectivity index (χ4v) is 2.65. The van der Waals surface area contributed by atoms with Crippen molar-refractivity contribution in [2.75, 3.05) is 0 Å². The zero-order chi connectivity index (χ0) is 14.4. The largest absolute Gasteiger partial charge is 0.347 e. The summed E-state index contributed by atoms with van der Waals surface area (Å²) >= 11 is 3.48. The monoisotopic (exact) mass is 335 g/mol. The van der Waals surface area contributed by atoms with Crippen LogP contribution < -0.4 is 5.73 Å². The summed E-state index contributed by atoms with van der Waals surface area (Å²) in [7, 11) is 0. The summed E-state index contributed by atoms with van der Waals surface area (Å²) in [6.07, 6.45) is 7.89. The van der Waals surface area contributed by atoms with Gasteiger partial charge < -0.3 is 10.7 Å². The van der Waals surface area contributed by atoms with Crippen molar-refractivity contribution in [2.24, 2.45) is 5.73 Å². The van der Waals surface area contributed by atoms with Gasteiger partial charge in [0.05, 0.1) is 11.7 Å². The summed E-state index contributed by atoms with van der Waals surface area (Å²) in [5.74, 6) is 0.886. The topological polar surface area (TPSA) is 54.7 Å². The Morgan fingerprint density at radius 1 is 1.30 bits per heavy atom. The Labute approximate surface area is 129 Å². The van der Waals surface area contributed by atoms with Crippen LogP contribution in [-0.2, 0) is 0 Å². The average Bonchev–Trinajstić information content (AvgIpc) is 2.93. The molecule has 1 atom stereocenters. The molecule has 0 spiro atoms. The van der Waals surface area contributed by atoms with Crippen molar-refractivity contribution in [3.8, 4) is 11.3 Å². The number of unbranched alkanes of at least 4 members (excludes halogenated alkanes) is 3. The summed E-state index contributed by atoms with van der Waals surface area (Å²) in [5.41, 5.74) is 8.24. The predicted molar refractivity (Wildman–Crippen MR) is 87.4 cm³/mol. The molecule has 0 saturated heterocycles. The van der Waals surface area contributed by atoms with E-state index in [0.717, 1.165) is 28.0 Å². The molecule has 2 aromatic rings. The highest BCUT2D eigenvalue weighted by Gasteiger charge is 2.11. The number of aromatic nitrogens is 2. The molecule has 2 rings (SSSR count). The SMILES string of the molecule is CCCCCC[C@H](N)c1nc(-c2cccc(Br)c2)c[nH]1. The number of aromatic amines is 1. The molecule has 1 heterocycles. The molecule has 4 heteroatoms. The van der Waals surface area contributed by atoms with Crippen LogP contribution in [0.25, 0.3) is 11.3 Å². The zero-order valence-corrected chi connectivity index (χ0v) is 13.5. The lowest BCUT2D eigenvalue weighted by Gasteiger charge is -2.07. The number of nitrogens with two attached hydrogens (primary N) is 1. The average molecular weight is 336 g/mol. The van der Waals surface area contributed by atoms with Crippen LogP contribution in [0.1, 0.15) is 50.9 Å². The van der Waals surface area contributed by atoms with Crippen LogP contribution in [0.4, 0.5) is 0 Å². The molecule has 0 aliphatic heterocycles. The number of H-pyrrole nitrogens is 1. The van der Waals surface area contributed by atoms with Gasteiger partial charge in [0, 0.05) is 16.2 Å². The lowest BCUT2D eigenvalue weighted by molar-refractivity contribution is 0.550. The zero-order valence-electron chi connectivity index (χ0n) is 11.9. The summed E-state index contributed by atoms with van der Waals surface area (Å²) in [5, 5.41) is 0. The second kappa shape index (κ2) is 7.60. The van der Waals surface area contributed by atoms with Crippen molar-refractivity contribution in [1.82, 2.24) is 9.97 Å². The maximum atomic E-state index is 6.20. The molecule has 0 saturated carbocycles. The van der Waals surface area contributed by atoms with E-state index in [2.05, 4.69) is 45.0 Å². The molecule has 3 N–H and O–H groups in total. The van der Waals surface area contributed by atoms with Crippen molar-refractivity contribution in [3.05, 3.63) is 40.8 Å². The van der Waals surface area contributed by atoms with Gasteiger partial charge in [-0.3, -0.25) is 0 Å². The first-order valence-electron chi connectivity index (χ1n) is 7.27. The molecule has 20 heavy (non-hydrogen) atoms. The minimum Gasteiger partial charge on any atom is -0.347 e. The fraction of sp³-hybridized carbons (Fsp3) is 0.438. The van der Waals surface area contributed by atoms with E-state index in [1.54, 1.807) is 0 Å². The van der Waals surface area contributed by atoms with E-state index in [1.165, 1.54) is 25.7 Å². The lowest BCUT2D eigenvalue weighted by atomic mass is 10.1. The number of hydrogen-bond donors (Lipinski definition) is 2. The number of nitrogens with zero attached hydrogens (tertiary/aromatic N) is 1. The highest BCUT2D eigenvalue weighted by molar-refractivity contribution is 9.10. The number of benzene rings is 1. The van der Waals surface area contributed by atoms with E-state index in [0.29, 0.717) is 0 Å². The first kappa shape index (κ1) is 15.3. The van der Waals surface area contributed by atoms with Crippen molar-refractivity contribution in [3.63, 3.8) is 0 Å². The molecule has 1 aromatic heterocycles. The van der Waals surface area contributed by atoms with Gasteiger partial charge in [0.15, 0.2) is 0 Å². The van der Waals surface area contributed by atoms with Gasteiger partial charge in [-0.25, -0.2) is 4.98 Å². The molecule has 0 amide bonds. The van der Waals surface area contributed by atoms with Crippen molar-refractivity contribution < 1.29 is 0 Å². The van der Waals surface area contributed by atoms with E-state index in [-0.39, 0.29) is 6.04 Å². The van der Waals surface area contributed by atoms with Crippen LogP contribution in [0.3, 0.4) is 0 Å². The Morgan fingerprint density at radius 3 is 2.90 bits per heavy atom. The van der Waals surface area contributed by atoms with Gasteiger partial charge in [0.1, 0.15) is 5.82 Å². The third kappa shape index (κ3) is 4.18. The van der Waals surface area contributed by atoms with Crippen LogP contribution >= 0.6 is 15.9 Å². The van der Waals surface area contributed by atoms with Gasteiger partial charge in [0.25, 0.3) is 0 Å². The Hall–Kier alpha value is -1.13. The third-order valence-corrected chi connectivity index (χ3v) is 3.93. The van der Waals surface area contributed by atoms with E-state index in [4.69, 9.17) is 5.73 Å². The molecule has 0 bridgehead atoms. The minimum absolute atomic E-state index is 0.00718. The van der Waals surface area contributed by atoms with Crippen LogP contribution in [0.15, 0.2) is 34.9 Å². The first-order valence-corrected chi connectivity index (χ1v) is 8.07. The Morgan fingerprint density at radius 2 is 2.15 bits per heavy atom. The van der Waals surface area contributed by atoms with E-state index < -0.39 is 0 Å². The Bertz CT molecular complexity index is 536. The molecule has 3 nitrogen and oxygen atoms in total. The third-order valence-electron chi connectivity index (χ3n) is 3.44. The predicted octanol–water partition coefficient (Wildman–Crippen LogP) is 4.81. The maximum Gasteiger partial charge on any atom is 0.123 e. The Kier molecular flexibility index (Phi) is 5.80. The van der Waals surface area contributed by atoms with E-state index >= 15 is 0 Å². The number of imidazole rings is 1. The van der Waals surface area contributed by atoms with Gasteiger partial charge in [-0.1, -0.05) is 60.7 Å². The molecule has 108 valence electrons. The molecule has 0 fully saturated rings. The highest BCUT2D eigenvalue weighted by atomic mass is 79.9. The minimum atomic E-state index is 0.00718. The molecular weight excluding hydrogens is 314 g/mol. The normalized spacial score (nSPS) is 12.6. The smallest absolute Gasteiger partial charge is 0.123 e. The van der Waals surface area contributed by atoms with Gasteiger partial charge in [-0.2, -0.15) is 0 Å². The Balaban J connectivity index is 1.98. The highest BCUT2D eigenvalue weighted by Crippen LogP contribution is 2.23. The number of hydrogen-bond acceptors (Lipinski definition) is 2. The van der Waals surface area contributed by atoms with Crippen molar-refractivity contribution in [2.45, 2.75) is 45.1 Å². The van der Waals surface area contributed by atoms with Gasteiger partial charge in [-0.15, -0.1) is 0 Å². The molecular formula is C16H22BrN3. The van der Waals surface area contributed by atoms with Crippen LogP contribution in [0.5, 0.6) is 0 Å². The maximum absolute atomic E-state index is 6.20. The molecule has 0 unspecified atom stereocenters. The summed E-state index contributed by atoms with van der Waals surface area (Å²) < 4.78 is 1.06. The van der Waals surface area contributed by atoms with Crippen molar-refractivity contribution >= 4 is 15.9 Å². The fourth-order valence-electron chi connectivity index (χ4n) is 2.25. The quantitative estimate of drug-likeness (QED) is 0.713. The number of rotatable bonds is 7. The summed E-state index contributed by atoms with van der Waals surface area (Å²) in [6.45, 7) is 2.22. The molecule has 0 aliphatic carbocycles. The molecule has 1 aromatic carbocycles. The van der Waals surface area contributed by atoms with Crippen LogP contribution in [0.2, 0.25) is 0 Å². The van der Waals surface area contributed by atoms with Crippen molar-refractivity contribution in [1.29, 1.82) is 0 Å². The molecule has 0 radical (unpaired) electrons. The first-order chi connectivity index (χ1) is 9.70. The number of halogens is 1. The van der Waals surface area contributed by atoms with E-state index in [9.17, 15) is 0 Å². The van der Waals surface area contributed by atoms with Gasteiger partial charge >= 0.3 is 0 Å². The molecule has 0 aliphatic rings. The van der Waals surface area contributed by atoms with Gasteiger partial charge in [-0.05, 0) is 18.6 Å². The lowest BCUT2D eigenvalue weighted by Crippen LogP contribution is -2.11. The van der Waals surface area contributed by atoms with Crippen LogP contribution in [0, 0.1) is 0 Å². The second-order valence-electron chi connectivity index (χ2n) is 5.14. The standard InChI is InChI=1S/C16H22BrN3/c1-2-3-4-5-9-14(18)16-19-11-15(20-16)12-7-6-8-13(17)10-12/h6-8,10-11,14H,2-5,9,18H2,1H3,(H,19,20)/t14-/m0/s1. The number of nitrogens with one attached hydrogen (secondary N) is 1. The van der Waals surface area contributed by atoms with Gasteiger partial charge in [0.2, 0.25) is 0 Å². The summed E-state index contributed by atoms with van der Waals surface area (Å²) in [6, 6.07) is 8.15. The summed E-state index contributed by atoms with van der Waals surface area (Å²) in [4.78, 5) is 7.83.